The minimum atomic E-state index is 0.523. The van der Waals surface area contributed by atoms with E-state index in [1.165, 1.54) is 25.8 Å². The summed E-state index contributed by atoms with van der Waals surface area (Å²) in [4.78, 5) is 2.55. The molecule has 1 aromatic rings. The highest BCUT2D eigenvalue weighted by Gasteiger charge is 2.38. The molecule has 1 spiro atoms. The van der Waals surface area contributed by atoms with Crippen LogP contribution in [0.2, 0.25) is 0 Å². The lowest BCUT2D eigenvalue weighted by atomic mass is 9.78. The second-order valence-corrected chi connectivity index (χ2v) is 6.73. The molecule has 2 fully saturated rings. The lowest BCUT2D eigenvalue weighted by Gasteiger charge is -2.34. The molecular formula is C18H28N2O3. The zero-order valence-electron chi connectivity index (χ0n) is 14.5. The number of benzene rings is 1. The van der Waals surface area contributed by atoms with Crippen molar-refractivity contribution in [1.29, 1.82) is 0 Å². The van der Waals surface area contributed by atoms with E-state index in [1.807, 2.05) is 12.1 Å². The summed E-state index contributed by atoms with van der Waals surface area (Å²) in [5, 5.41) is 3.48. The van der Waals surface area contributed by atoms with E-state index in [4.69, 9.17) is 14.2 Å². The number of likely N-dealkylation sites (tertiary alicyclic amines) is 1. The molecule has 0 bridgehead atoms. The number of hydrogen-bond donors (Lipinski definition) is 1. The van der Waals surface area contributed by atoms with Crippen molar-refractivity contribution < 1.29 is 14.2 Å². The van der Waals surface area contributed by atoms with Gasteiger partial charge < -0.3 is 19.5 Å². The first-order chi connectivity index (χ1) is 11.2. The minimum Gasteiger partial charge on any atom is -0.496 e. The van der Waals surface area contributed by atoms with Crippen molar-refractivity contribution >= 4 is 0 Å². The van der Waals surface area contributed by atoms with Crippen LogP contribution in [-0.2, 0) is 6.54 Å². The van der Waals surface area contributed by atoms with E-state index < -0.39 is 0 Å². The molecule has 0 amide bonds. The molecule has 5 nitrogen and oxygen atoms in total. The van der Waals surface area contributed by atoms with Crippen molar-refractivity contribution in [3.8, 4) is 17.2 Å². The van der Waals surface area contributed by atoms with Crippen molar-refractivity contribution in [2.75, 3.05) is 47.5 Å². The summed E-state index contributed by atoms with van der Waals surface area (Å²) in [6.07, 6.45) is 3.91. The van der Waals surface area contributed by atoms with Gasteiger partial charge in [0.05, 0.1) is 21.3 Å². The van der Waals surface area contributed by atoms with Gasteiger partial charge in [-0.1, -0.05) is 0 Å². The minimum absolute atomic E-state index is 0.523. The third kappa shape index (κ3) is 3.40. The van der Waals surface area contributed by atoms with E-state index in [1.54, 1.807) is 21.3 Å². The van der Waals surface area contributed by atoms with Crippen LogP contribution in [0.25, 0.3) is 0 Å². The van der Waals surface area contributed by atoms with Crippen LogP contribution in [0.1, 0.15) is 24.8 Å². The molecular weight excluding hydrogens is 292 g/mol. The number of nitrogens with one attached hydrogen (secondary N) is 1. The fraction of sp³-hybridized carbons (Fsp3) is 0.667. The molecule has 2 heterocycles. The van der Waals surface area contributed by atoms with Gasteiger partial charge in [0.1, 0.15) is 5.75 Å². The van der Waals surface area contributed by atoms with Crippen molar-refractivity contribution in [2.45, 2.75) is 25.8 Å². The van der Waals surface area contributed by atoms with Crippen LogP contribution in [0, 0.1) is 5.41 Å². The maximum Gasteiger partial charge on any atom is 0.164 e. The maximum absolute atomic E-state index is 5.56. The molecule has 2 saturated heterocycles. The summed E-state index contributed by atoms with van der Waals surface area (Å²) < 4.78 is 16.4. The molecule has 5 heteroatoms. The van der Waals surface area contributed by atoms with Crippen molar-refractivity contribution in [2.24, 2.45) is 5.41 Å². The van der Waals surface area contributed by atoms with E-state index >= 15 is 0 Å². The van der Waals surface area contributed by atoms with E-state index in [2.05, 4.69) is 10.2 Å². The van der Waals surface area contributed by atoms with Crippen LogP contribution in [-0.4, -0.2) is 52.4 Å². The fourth-order valence-electron chi connectivity index (χ4n) is 3.98. The van der Waals surface area contributed by atoms with Crippen LogP contribution < -0.4 is 19.5 Å². The molecule has 1 N–H and O–H groups in total. The average molecular weight is 320 g/mol. The molecule has 0 radical (unpaired) electrons. The Morgan fingerprint density at radius 2 is 1.61 bits per heavy atom. The number of methoxy groups -OCH3 is 3. The highest BCUT2D eigenvalue weighted by Crippen LogP contribution is 2.41. The number of rotatable bonds is 5. The number of hydrogen-bond acceptors (Lipinski definition) is 5. The molecule has 0 atom stereocenters. The Bertz CT molecular complexity index is 541. The third-order valence-electron chi connectivity index (χ3n) is 5.36. The molecule has 0 unspecified atom stereocenters. The molecule has 0 aliphatic carbocycles. The normalized spacial score (nSPS) is 20.7. The summed E-state index contributed by atoms with van der Waals surface area (Å²) in [6.45, 7) is 5.57. The van der Waals surface area contributed by atoms with E-state index in [0.29, 0.717) is 11.2 Å². The monoisotopic (exact) mass is 320 g/mol. The SMILES string of the molecule is COc1cc(OC)c(OC)cc1CN1CCC2(CCNCC2)C1. The Kier molecular flexibility index (Phi) is 4.97. The van der Waals surface area contributed by atoms with Crippen molar-refractivity contribution in [3.05, 3.63) is 17.7 Å². The Labute approximate surface area is 138 Å². The predicted molar refractivity (Wildman–Crippen MR) is 90.5 cm³/mol. The maximum atomic E-state index is 5.56. The summed E-state index contributed by atoms with van der Waals surface area (Å²) in [5.41, 5.74) is 1.69. The molecule has 2 aliphatic rings. The van der Waals surface area contributed by atoms with Crippen LogP contribution in [0.4, 0.5) is 0 Å². The van der Waals surface area contributed by atoms with Gasteiger partial charge >= 0.3 is 0 Å². The van der Waals surface area contributed by atoms with Gasteiger partial charge in [-0.2, -0.15) is 0 Å². The Hall–Kier alpha value is -1.46. The van der Waals surface area contributed by atoms with Gasteiger partial charge in [-0.25, -0.2) is 0 Å². The number of piperidine rings is 1. The smallest absolute Gasteiger partial charge is 0.164 e. The summed E-state index contributed by atoms with van der Waals surface area (Å²) in [6, 6.07) is 3.97. The van der Waals surface area contributed by atoms with E-state index in [-0.39, 0.29) is 0 Å². The molecule has 0 aromatic heterocycles. The van der Waals surface area contributed by atoms with Gasteiger partial charge in [-0.05, 0) is 50.4 Å². The Morgan fingerprint density at radius 3 is 2.26 bits per heavy atom. The van der Waals surface area contributed by atoms with E-state index in [9.17, 15) is 0 Å². The van der Waals surface area contributed by atoms with Gasteiger partial charge in [-0.15, -0.1) is 0 Å². The standard InChI is InChI=1S/C18H28N2O3/c1-21-15-11-17(23-3)16(22-2)10-14(15)12-20-9-6-18(13-20)4-7-19-8-5-18/h10-11,19H,4-9,12-13H2,1-3H3. The molecule has 3 rings (SSSR count). The third-order valence-corrected chi connectivity index (χ3v) is 5.36. The van der Waals surface area contributed by atoms with Crippen LogP contribution in [0.15, 0.2) is 12.1 Å². The Morgan fingerprint density at radius 1 is 0.957 bits per heavy atom. The van der Waals surface area contributed by atoms with Crippen LogP contribution in [0.3, 0.4) is 0 Å². The lowest BCUT2D eigenvalue weighted by Crippen LogP contribution is -2.38. The van der Waals surface area contributed by atoms with Crippen molar-refractivity contribution in [1.82, 2.24) is 10.2 Å². The summed E-state index contributed by atoms with van der Waals surface area (Å²) >= 11 is 0. The summed E-state index contributed by atoms with van der Waals surface area (Å²) in [5.74, 6) is 2.34. The summed E-state index contributed by atoms with van der Waals surface area (Å²) in [7, 11) is 5.04. The molecule has 23 heavy (non-hydrogen) atoms. The van der Waals surface area contributed by atoms with E-state index in [0.717, 1.165) is 43.2 Å². The predicted octanol–water partition coefficient (Wildman–Crippen LogP) is 2.29. The quantitative estimate of drug-likeness (QED) is 0.902. The van der Waals surface area contributed by atoms with Gasteiger partial charge in [0.2, 0.25) is 0 Å². The van der Waals surface area contributed by atoms with Crippen molar-refractivity contribution in [3.63, 3.8) is 0 Å². The lowest BCUT2D eigenvalue weighted by molar-refractivity contribution is 0.193. The van der Waals surface area contributed by atoms with Crippen LogP contribution >= 0.6 is 0 Å². The average Bonchev–Trinajstić information content (AvgIpc) is 2.97. The number of ether oxygens (including phenoxy) is 3. The topological polar surface area (TPSA) is 43.0 Å². The highest BCUT2D eigenvalue weighted by molar-refractivity contribution is 5.50. The fourth-order valence-corrected chi connectivity index (χ4v) is 3.98. The second kappa shape index (κ2) is 6.97. The molecule has 2 aliphatic heterocycles. The Balaban J connectivity index is 1.75. The highest BCUT2D eigenvalue weighted by atomic mass is 16.5. The van der Waals surface area contributed by atoms with Gasteiger partial charge in [0, 0.05) is 24.7 Å². The first kappa shape index (κ1) is 16.4. The van der Waals surface area contributed by atoms with Gasteiger partial charge in [-0.3, -0.25) is 4.90 Å². The zero-order valence-corrected chi connectivity index (χ0v) is 14.5. The first-order valence-corrected chi connectivity index (χ1v) is 8.42. The molecule has 0 saturated carbocycles. The second-order valence-electron chi connectivity index (χ2n) is 6.73. The molecule has 128 valence electrons. The zero-order chi connectivity index (χ0) is 16.3. The number of nitrogens with zero attached hydrogens (tertiary/aromatic N) is 1. The van der Waals surface area contributed by atoms with Crippen LogP contribution in [0.5, 0.6) is 17.2 Å². The first-order valence-electron chi connectivity index (χ1n) is 8.42. The van der Waals surface area contributed by atoms with Gasteiger partial charge in [0.25, 0.3) is 0 Å². The molecule has 1 aromatic carbocycles. The largest absolute Gasteiger partial charge is 0.496 e. The van der Waals surface area contributed by atoms with Gasteiger partial charge in [0.15, 0.2) is 11.5 Å².